The van der Waals surface area contributed by atoms with Gasteiger partial charge >= 0.3 is 0 Å². The lowest BCUT2D eigenvalue weighted by Gasteiger charge is -2.24. The van der Waals surface area contributed by atoms with E-state index < -0.39 is 0 Å². The predicted molar refractivity (Wildman–Crippen MR) is 126 cm³/mol. The molecular weight excluding hydrogens is 413 g/mol. The molecule has 166 valence electrons. The second kappa shape index (κ2) is 7.66. The minimum Gasteiger partial charge on any atom is -0.324 e. The van der Waals surface area contributed by atoms with Crippen LogP contribution < -0.4 is 5.32 Å². The summed E-state index contributed by atoms with van der Waals surface area (Å²) in [6.07, 6.45) is 15.2. The first-order chi connectivity index (χ1) is 16.1. The molecule has 2 aromatic heterocycles. The molecule has 0 bridgehead atoms. The van der Waals surface area contributed by atoms with Crippen molar-refractivity contribution in [3.63, 3.8) is 0 Å². The number of rotatable bonds is 4. The van der Waals surface area contributed by atoms with E-state index in [1.54, 1.807) is 24.4 Å². The molecule has 0 radical (unpaired) electrons. The number of hydrogen-bond donors (Lipinski definition) is 1. The third-order valence-electron chi connectivity index (χ3n) is 8.38. The monoisotopic (exact) mass is 439 g/mol. The fourth-order valence-corrected chi connectivity index (χ4v) is 6.58. The zero-order chi connectivity index (χ0) is 22.6. The summed E-state index contributed by atoms with van der Waals surface area (Å²) in [6.45, 7) is 0. The standard InChI is InChI=1S/C28H26FN3O/c1-2-22-4-5-23(16-31-22)32-27(33)28(8-9-28)20-13-17-11-19(12-18(17)14-20)24-7-10-30-26-6-3-21(29)15-25(24)26/h1,3-7,10,15-20H,8-9,11-14H2,(H,32,33)/t17-,18?,19?,20-/m1/s1. The SMILES string of the molecule is C#Cc1ccc(NC(=O)C2([C@H]3CC4CC(c5ccnc6ccc(F)cc56)C[C@@H]4C3)CC2)cn1. The molecule has 3 saturated carbocycles. The molecule has 3 aliphatic carbocycles. The highest BCUT2D eigenvalue weighted by Crippen LogP contribution is 2.63. The minimum atomic E-state index is -0.225. The summed E-state index contributed by atoms with van der Waals surface area (Å²) in [6, 6.07) is 10.5. The van der Waals surface area contributed by atoms with Gasteiger partial charge in [0.15, 0.2) is 0 Å². The molecule has 4 nitrogen and oxygen atoms in total. The number of nitrogens with one attached hydrogen (secondary N) is 1. The van der Waals surface area contributed by atoms with Gasteiger partial charge in [0.2, 0.25) is 5.91 Å². The zero-order valence-corrected chi connectivity index (χ0v) is 18.4. The highest BCUT2D eigenvalue weighted by molar-refractivity contribution is 5.97. The van der Waals surface area contributed by atoms with Crippen LogP contribution in [-0.2, 0) is 4.79 Å². The summed E-state index contributed by atoms with van der Waals surface area (Å²) < 4.78 is 13.9. The molecule has 3 aromatic rings. The van der Waals surface area contributed by atoms with Crippen LogP contribution in [0.1, 0.15) is 55.7 Å². The molecular formula is C28H26FN3O. The number of fused-ring (bicyclic) bond motifs is 2. The third-order valence-corrected chi connectivity index (χ3v) is 8.38. The molecule has 2 unspecified atom stereocenters. The third kappa shape index (κ3) is 3.49. The van der Waals surface area contributed by atoms with Gasteiger partial charge in [0.05, 0.1) is 22.8 Å². The van der Waals surface area contributed by atoms with Gasteiger partial charge in [0, 0.05) is 11.6 Å². The van der Waals surface area contributed by atoms with Gasteiger partial charge in [-0.1, -0.05) is 5.92 Å². The number of benzene rings is 1. The Kier molecular flexibility index (Phi) is 4.72. The highest BCUT2D eigenvalue weighted by Gasteiger charge is 2.59. The summed E-state index contributed by atoms with van der Waals surface area (Å²) in [5, 5.41) is 4.03. The van der Waals surface area contributed by atoms with Crippen LogP contribution in [0.15, 0.2) is 48.8 Å². The van der Waals surface area contributed by atoms with E-state index in [0.717, 1.165) is 49.4 Å². The summed E-state index contributed by atoms with van der Waals surface area (Å²) in [5.74, 6) is 4.59. The van der Waals surface area contributed by atoms with Gasteiger partial charge in [0.25, 0.3) is 0 Å². The summed E-state index contributed by atoms with van der Waals surface area (Å²) in [4.78, 5) is 21.8. The van der Waals surface area contributed by atoms with E-state index >= 15 is 0 Å². The lowest BCUT2D eigenvalue weighted by molar-refractivity contribution is -0.123. The summed E-state index contributed by atoms with van der Waals surface area (Å²) in [5.41, 5.74) is 3.14. The van der Waals surface area contributed by atoms with E-state index in [1.807, 2.05) is 12.3 Å². The van der Waals surface area contributed by atoms with E-state index in [-0.39, 0.29) is 17.1 Å². The van der Waals surface area contributed by atoms with E-state index in [1.165, 1.54) is 11.6 Å². The lowest BCUT2D eigenvalue weighted by Crippen LogP contribution is -2.30. The number of halogens is 1. The lowest BCUT2D eigenvalue weighted by atomic mass is 9.82. The fraction of sp³-hybridized carbons (Fsp3) is 0.393. The normalized spacial score (nSPS) is 27.2. The summed E-state index contributed by atoms with van der Waals surface area (Å²) >= 11 is 0. The Labute approximate surface area is 193 Å². The molecule has 1 aromatic carbocycles. The van der Waals surface area contributed by atoms with E-state index in [9.17, 15) is 9.18 Å². The van der Waals surface area contributed by atoms with Crippen molar-refractivity contribution >= 4 is 22.5 Å². The second-order valence-electron chi connectivity index (χ2n) is 10.1. The van der Waals surface area contributed by atoms with E-state index in [2.05, 4.69) is 27.3 Å². The van der Waals surface area contributed by atoms with Gasteiger partial charge < -0.3 is 5.32 Å². The van der Waals surface area contributed by atoms with Crippen LogP contribution in [0.3, 0.4) is 0 Å². The van der Waals surface area contributed by atoms with Crippen LogP contribution in [0.25, 0.3) is 10.9 Å². The number of hydrogen-bond acceptors (Lipinski definition) is 3. The number of pyridine rings is 2. The molecule has 6 rings (SSSR count). The number of amides is 1. The maximum absolute atomic E-state index is 13.9. The Morgan fingerprint density at radius 2 is 1.85 bits per heavy atom. The van der Waals surface area contributed by atoms with Gasteiger partial charge in [-0.2, -0.15) is 0 Å². The molecule has 0 aliphatic heterocycles. The average Bonchev–Trinajstić information content (AvgIpc) is 3.40. The van der Waals surface area contributed by atoms with Crippen molar-refractivity contribution in [1.82, 2.24) is 9.97 Å². The number of carbonyl (C=O) groups excluding carboxylic acids is 1. The molecule has 0 spiro atoms. The van der Waals surface area contributed by atoms with Crippen molar-refractivity contribution in [2.45, 2.75) is 44.4 Å². The van der Waals surface area contributed by atoms with Gasteiger partial charge in [0.1, 0.15) is 11.5 Å². The maximum Gasteiger partial charge on any atom is 0.230 e. The molecule has 0 saturated heterocycles. The topological polar surface area (TPSA) is 54.9 Å². The molecule has 4 atom stereocenters. The predicted octanol–water partition coefficient (Wildman–Crippen LogP) is 5.69. The van der Waals surface area contributed by atoms with Crippen molar-refractivity contribution < 1.29 is 9.18 Å². The van der Waals surface area contributed by atoms with Crippen molar-refractivity contribution in [2.24, 2.45) is 23.2 Å². The molecule has 1 N–H and O–H groups in total. The van der Waals surface area contributed by atoms with Gasteiger partial charge in [-0.05, 0) is 104 Å². The van der Waals surface area contributed by atoms with Crippen molar-refractivity contribution in [3.05, 3.63) is 65.9 Å². The van der Waals surface area contributed by atoms with Crippen molar-refractivity contribution in [2.75, 3.05) is 5.32 Å². The van der Waals surface area contributed by atoms with Crippen LogP contribution in [-0.4, -0.2) is 15.9 Å². The van der Waals surface area contributed by atoms with Crippen LogP contribution in [0.5, 0.6) is 0 Å². The second-order valence-corrected chi connectivity index (χ2v) is 10.1. The smallest absolute Gasteiger partial charge is 0.230 e. The number of nitrogens with zero attached hydrogens (tertiary/aromatic N) is 2. The first kappa shape index (κ1) is 20.4. The number of terminal acetylenes is 1. The average molecular weight is 440 g/mol. The first-order valence-electron chi connectivity index (χ1n) is 11.8. The van der Waals surface area contributed by atoms with Crippen molar-refractivity contribution in [3.8, 4) is 12.3 Å². The van der Waals surface area contributed by atoms with Crippen LogP contribution in [0, 0.1) is 41.3 Å². The first-order valence-corrected chi connectivity index (χ1v) is 11.8. The van der Waals surface area contributed by atoms with Crippen LogP contribution >= 0.6 is 0 Å². The molecule has 5 heteroatoms. The Morgan fingerprint density at radius 3 is 2.52 bits per heavy atom. The number of carbonyl (C=O) groups is 1. The van der Waals surface area contributed by atoms with Crippen LogP contribution in [0.2, 0.25) is 0 Å². The molecule has 2 heterocycles. The Bertz CT molecular complexity index is 1260. The van der Waals surface area contributed by atoms with Gasteiger partial charge in [-0.15, -0.1) is 6.42 Å². The van der Waals surface area contributed by atoms with Crippen molar-refractivity contribution in [1.29, 1.82) is 0 Å². The minimum absolute atomic E-state index is 0.134. The molecule has 33 heavy (non-hydrogen) atoms. The Morgan fingerprint density at radius 1 is 1.06 bits per heavy atom. The quantitative estimate of drug-likeness (QED) is 0.532. The van der Waals surface area contributed by atoms with E-state index in [4.69, 9.17) is 6.42 Å². The maximum atomic E-state index is 13.9. The fourth-order valence-electron chi connectivity index (χ4n) is 6.58. The van der Waals surface area contributed by atoms with Gasteiger partial charge in [-0.3, -0.25) is 9.78 Å². The van der Waals surface area contributed by atoms with Gasteiger partial charge in [-0.25, -0.2) is 9.37 Å². The highest BCUT2D eigenvalue weighted by atomic mass is 19.1. The summed E-state index contributed by atoms with van der Waals surface area (Å²) in [7, 11) is 0. The zero-order valence-electron chi connectivity index (χ0n) is 18.4. The number of aromatic nitrogens is 2. The molecule has 3 fully saturated rings. The largest absolute Gasteiger partial charge is 0.324 e. The Balaban J connectivity index is 1.15. The van der Waals surface area contributed by atoms with Crippen LogP contribution in [0.4, 0.5) is 10.1 Å². The molecule has 1 amide bonds. The number of anilines is 1. The Hall–Kier alpha value is -3.26. The van der Waals surface area contributed by atoms with E-state index in [0.29, 0.717) is 35.1 Å². The molecule has 3 aliphatic rings.